The first-order chi connectivity index (χ1) is 22.0. The van der Waals surface area contributed by atoms with Crippen LogP contribution in [0.2, 0.25) is 0 Å². The Morgan fingerprint density at radius 2 is 1.78 bits per heavy atom. The Morgan fingerprint density at radius 1 is 1.04 bits per heavy atom. The van der Waals surface area contributed by atoms with Crippen molar-refractivity contribution in [1.82, 2.24) is 15.3 Å². The predicted molar refractivity (Wildman–Crippen MR) is 174 cm³/mol. The zero-order chi connectivity index (χ0) is 33.0. The number of pyridine rings is 1. The number of aromatic nitrogens is 2. The quantitative estimate of drug-likeness (QED) is 0.0589. The highest BCUT2D eigenvalue weighted by atomic mass is 32.2. The number of esters is 1. The van der Waals surface area contributed by atoms with Crippen molar-refractivity contribution in [3.63, 3.8) is 0 Å². The third-order valence-corrected chi connectivity index (χ3v) is 9.02. The minimum Gasteiger partial charge on any atom is -0.468 e. The van der Waals surface area contributed by atoms with Crippen molar-refractivity contribution in [1.29, 1.82) is 5.41 Å². The molecule has 5 rings (SSSR count). The largest absolute Gasteiger partial charge is 0.468 e. The molecule has 0 aliphatic heterocycles. The average molecular weight is 641 g/mol. The molecule has 6 N–H and O–H groups in total. The Bertz CT molecular complexity index is 2080. The highest BCUT2D eigenvalue weighted by Crippen LogP contribution is 2.34. The molecule has 46 heavy (non-hydrogen) atoms. The van der Waals surface area contributed by atoms with E-state index >= 15 is 0 Å². The molecule has 0 aliphatic carbocycles. The summed E-state index contributed by atoms with van der Waals surface area (Å²) >= 11 is 0. The molecule has 0 saturated carbocycles. The van der Waals surface area contributed by atoms with Gasteiger partial charge < -0.3 is 20.8 Å². The fraction of sp³-hybridized carbons (Fsp3) is 0.182. The van der Waals surface area contributed by atoms with Crippen molar-refractivity contribution in [3.8, 4) is 0 Å². The number of sulfonamides is 1. The van der Waals surface area contributed by atoms with Crippen LogP contribution in [0, 0.1) is 12.3 Å². The molecule has 1 amide bonds. The van der Waals surface area contributed by atoms with Gasteiger partial charge in [-0.2, -0.15) is 0 Å². The van der Waals surface area contributed by atoms with E-state index in [-0.39, 0.29) is 22.8 Å². The normalized spacial score (nSPS) is 12.0. The summed E-state index contributed by atoms with van der Waals surface area (Å²) in [5, 5.41) is 11.2. The number of fused-ring (bicyclic) bond motifs is 2. The van der Waals surface area contributed by atoms with Crippen molar-refractivity contribution in [2.45, 2.75) is 30.6 Å². The molecular weight excluding hydrogens is 608 g/mol. The number of nitrogens with zero attached hydrogens (tertiary/aromatic N) is 1. The van der Waals surface area contributed by atoms with Crippen LogP contribution in [0.5, 0.6) is 0 Å². The standard InChI is InChI=1S/C33H32N6O6S/c1-19-29(30(33(42)37-18-28(41)45-2)26(40)15-10-20-8-11-22(12-9-20)32(34)35)24-17-23(13-14-25(24)38-19)39-46(43,44)27-7-3-5-21-6-4-16-36-31(21)27/h3-9,11-14,16-17,30,38-39H,10,15,18H2,1-2H3,(H3,34,35)(H,37,42). The van der Waals surface area contributed by atoms with Gasteiger partial charge in [0.2, 0.25) is 5.91 Å². The van der Waals surface area contributed by atoms with Gasteiger partial charge in [0.05, 0.1) is 12.6 Å². The van der Waals surface area contributed by atoms with E-state index in [0.717, 1.165) is 5.56 Å². The number of aryl methyl sites for hydroxylation is 2. The van der Waals surface area contributed by atoms with Crippen LogP contribution < -0.4 is 15.8 Å². The molecule has 0 saturated heterocycles. The summed E-state index contributed by atoms with van der Waals surface area (Å²) in [5.74, 6) is -3.17. The number of H-pyrrole nitrogens is 1. The molecule has 3 aromatic carbocycles. The number of ether oxygens (including phenoxy) is 1. The van der Waals surface area contributed by atoms with Gasteiger partial charge in [-0.1, -0.05) is 42.5 Å². The van der Waals surface area contributed by atoms with E-state index in [1.165, 1.54) is 19.4 Å². The monoisotopic (exact) mass is 640 g/mol. The maximum Gasteiger partial charge on any atom is 0.325 e. The lowest BCUT2D eigenvalue weighted by molar-refractivity contribution is -0.142. The second kappa shape index (κ2) is 13.2. The third kappa shape index (κ3) is 6.74. The van der Waals surface area contributed by atoms with E-state index in [4.69, 9.17) is 11.1 Å². The van der Waals surface area contributed by atoms with Gasteiger partial charge in [0.25, 0.3) is 10.0 Å². The Morgan fingerprint density at radius 3 is 2.50 bits per heavy atom. The lowest BCUT2D eigenvalue weighted by Crippen LogP contribution is -2.37. The third-order valence-electron chi connectivity index (χ3n) is 7.61. The summed E-state index contributed by atoms with van der Waals surface area (Å²) in [6, 6.07) is 20.1. The number of nitrogen functional groups attached to an aromatic ring is 1. The zero-order valence-corrected chi connectivity index (χ0v) is 25.9. The number of carbonyl (C=O) groups excluding carboxylic acids is 3. The number of nitrogens with two attached hydrogens (primary N) is 1. The highest BCUT2D eigenvalue weighted by molar-refractivity contribution is 7.93. The van der Waals surface area contributed by atoms with Crippen LogP contribution in [0.1, 0.15) is 34.7 Å². The Balaban J connectivity index is 1.49. The van der Waals surface area contributed by atoms with Crippen LogP contribution in [0.3, 0.4) is 0 Å². The number of rotatable bonds is 12. The highest BCUT2D eigenvalue weighted by Gasteiger charge is 2.32. The van der Waals surface area contributed by atoms with Crippen LogP contribution in [-0.4, -0.2) is 55.5 Å². The molecule has 0 fully saturated rings. The fourth-order valence-electron chi connectivity index (χ4n) is 5.32. The molecule has 0 aliphatic rings. The van der Waals surface area contributed by atoms with Crippen LogP contribution in [0.15, 0.2) is 83.9 Å². The second-order valence-electron chi connectivity index (χ2n) is 10.7. The van der Waals surface area contributed by atoms with Gasteiger partial charge in [-0.15, -0.1) is 0 Å². The van der Waals surface area contributed by atoms with E-state index < -0.39 is 40.1 Å². The van der Waals surface area contributed by atoms with Gasteiger partial charge in [-0.05, 0) is 49.2 Å². The Hall–Kier alpha value is -5.56. The predicted octanol–water partition coefficient (Wildman–Crippen LogP) is 3.68. The topological polar surface area (TPSA) is 197 Å². The van der Waals surface area contributed by atoms with Gasteiger partial charge in [-0.3, -0.25) is 29.5 Å². The number of Topliss-reactive ketones (excluding diaryl/α,β-unsaturated/α-hetero) is 1. The minimum atomic E-state index is -4.08. The summed E-state index contributed by atoms with van der Waals surface area (Å²) in [6.07, 6.45) is 1.82. The first-order valence-corrected chi connectivity index (χ1v) is 15.8. The molecular formula is C33H32N6O6S. The van der Waals surface area contributed by atoms with Crippen molar-refractivity contribution >= 4 is 61.0 Å². The number of methoxy groups -OCH3 is 1. The average Bonchev–Trinajstić information content (AvgIpc) is 3.36. The first kappa shape index (κ1) is 31.9. The number of amidine groups is 1. The van der Waals surface area contributed by atoms with Crippen LogP contribution >= 0.6 is 0 Å². The Kier molecular flexibility index (Phi) is 9.14. The summed E-state index contributed by atoms with van der Waals surface area (Å²) in [4.78, 5) is 46.6. The molecule has 5 aromatic rings. The van der Waals surface area contributed by atoms with Crippen LogP contribution in [0.4, 0.5) is 5.69 Å². The summed E-state index contributed by atoms with van der Waals surface area (Å²) in [5.41, 5.74) is 8.91. The molecule has 1 atom stereocenters. The number of para-hydroxylation sites is 1. The summed E-state index contributed by atoms with van der Waals surface area (Å²) in [6.45, 7) is 1.28. The maximum absolute atomic E-state index is 13.8. The molecule has 0 spiro atoms. The Labute approximate surface area is 264 Å². The number of carbonyl (C=O) groups is 3. The van der Waals surface area contributed by atoms with E-state index in [1.807, 2.05) is 0 Å². The number of nitrogens with one attached hydrogen (secondary N) is 4. The number of aromatic amines is 1. The van der Waals surface area contributed by atoms with Gasteiger partial charge in [0.1, 0.15) is 29.0 Å². The number of ketones is 1. The van der Waals surface area contributed by atoms with E-state index in [9.17, 15) is 22.8 Å². The van der Waals surface area contributed by atoms with Gasteiger partial charge >= 0.3 is 5.97 Å². The minimum absolute atomic E-state index is 0.00254. The molecule has 0 bridgehead atoms. The molecule has 12 nitrogen and oxygen atoms in total. The fourth-order valence-corrected chi connectivity index (χ4v) is 6.55. The first-order valence-electron chi connectivity index (χ1n) is 14.3. The van der Waals surface area contributed by atoms with Crippen LogP contribution in [-0.2, 0) is 35.6 Å². The van der Waals surface area contributed by atoms with Gasteiger partial charge in [-0.25, -0.2) is 8.42 Å². The number of amides is 1. The van der Waals surface area contributed by atoms with Crippen molar-refractivity contribution in [3.05, 3.63) is 101 Å². The van der Waals surface area contributed by atoms with E-state index in [2.05, 4.69) is 24.7 Å². The number of benzene rings is 3. The molecule has 2 aromatic heterocycles. The van der Waals surface area contributed by atoms with Gasteiger partial charge in [0.15, 0.2) is 0 Å². The SMILES string of the molecule is COC(=O)CNC(=O)C(C(=O)CCc1ccc(C(=N)N)cc1)c1c(C)[nH]c2ccc(NS(=O)(=O)c3cccc4cccnc34)cc12. The molecule has 13 heteroatoms. The van der Waals surface area contributed by atoms with E-state index in [0.29, 0.717) is 45.0 Å². The summed E-state index contributed by atoms with van der Waals surface area (Å²) in [7, 11) is -2.89. The molecule has 1 unspecified atom stereocenters. The lowest BCUT2D eigenvalue weighted by Gasteiger charge is -2.17. The van der Waals surface area contributed by atoms with Crippen molar-refractivity contribution in [2.24, 2.45) is 5.73 Å². The smallest absolute Gasteiger partial charge is 0.325 e. The maximum atomic E-state index is 13.8. The number of hydrogen-bond acceptors (Lipinski definition) is 8. The van der Waals surface area contributed by atoms with Crippen LogP contribution in [0.25, 0.3) is 21.8 Å². The van der Waals surface area contributed by atoms with Crippen molar-refractivity contribution < 1.29 is 27.5 Å². The molecule has 2 heterocycles. The zero-order valence-electron chi connectivity index (χ0n) is 25.1. The summed E-state index contributed by atoms with van der Waals surface area (Å²) < 4.78 is 34.3. The number of anilines is 1. The van der Waals surface area contributed by atoms with E-state index in [1.54, 1.807) is 73.7 Å². The van der Waals surface area contributed by atoms with Gasteiger partial charge in [0, 0.05) is 51.4 Å². The molecule has 0 radical (unpaired) electrons. The lowest BCUT2D eigenvalue weighted by atomic mass is 9.88. The second-order valence-corrected chi connectivity index (χ2v) is 12.3. The molecule has 236 valence electrons. The van der Waals surface area contributed by atoms with Crippen molar-refractivity contribution in [2.75, 3.05) is 18.4 Å². The number of hydrogen-bond donors (Lipinski definition) is 5.